The maximum atomic E-state index is 12.6. The summed E-state index contributed by atoms with van der Waals surface area (Å²) in [4.78, 5) is 63.6. The monoisotopic (exact) mass is 745 g/mol. The number of amides is 1. The Morgan fingerprint density at radius 1 is 0.938 bits per heavy atom. The highest BCUT2D eigenvalue weighted by Crippen LogP contribution is 2.61. The Kier molecular flexibility index (Phi) is 10.6. The van der Waals surface area contributed by atoms with Gasteiger partial charge in [0.1, 0.15) is 54.2 Å². The highest BCUT2D eigenvalue weighted by molar-refractivity contribution is 7.61. The second kappa shape index (κ2) is 13.9. The van der Waals surface area contributed by atoms with E-state index in [4.69, 9.17) is 30.0 Å². The van der Waals surface area contributed by atoms with Crippen LogP contribution in [0.3, 0.4) is 0 Å². The molecule has 0 saturated carbocycles. The van der Waals surface area contributed by atoms with Crippen molar-refractivity contribution in [2.45, 2.75) is 55.5 Å². The van der Waals surface area contributed by atoms with Gasteiger partial charge in [-0.1, -0.05) is 12.2 Å². The molecule has 266 valence electrons. The molecule has 2 fully saturated rings. The van der Waals surface area contributed by atoms with Crippen molar-refractivity contribution in [2.75, 3.05) is 18.9 Å². The molecule has 3 aliphatic rings. The van der Waals surface area contributed by atoms with E-state index in [0.29, 0.717) is 6.42 Å². The molecule has 3 aliphatic heterocycles. The van der Waals surface area contributed by atoms with Crippen LogP contribution in [0.2, 0.25) is 0 Å². The first-order chi connectivity index (χ1) is 22.4. The van der Waals surface area contributed by atoms with E-state index in [0.717, 1.165) is 22.1 Å². The number of aliphatic hydroxyl groups excluding tert-OH is 3. The van der Waals surface area contributed by atoms with E-state index in [1.54, 1.807) is 6.08 Å². The molecule has 0 aromatic carbocycles. The van der Waals surface area contributed by atoms with Gasteiger partial charge in [0.15, 0.2) is 23.9 Å². The van der Waals surface area contributed by atoms with Gasteiger partial charge in [0, 0.05) is 6.20 Å². The standard InChI is InChI=1S/C21H30N7O17P3/c22-17-12-19(25-7-24-17)28(8-26-12)21-16(44-46(33,34)35)14(30)11(43-21)6-41-48(38,39)45-47(36,37)40-5-10-13(29)15(31)20(42-10)27-4-2-1-3-9(27)18(23)32/h2-4,7-8,10-11,13-16,20-21,29-31H,1,5-6H2,(H2,23,32)(H,36,37)(H,38,39)(H2,22,24,25)(H2,33,34,35)/t10-,11-,13+,14+,15+,16+,20-,21-/m1/s1. The minimum absolute atomic E-state index is 0.00230. The molecule has 10 atom stereocenters. The van der Waals surface area contributed by atoms with Crippen LogP contribution >= 0.6 is 23.5 Å². The zero-order valence-electron chi connectivity index (χ0n) is 24.1. The number of aliphatic hydroxyl groups is 3. The SMILES string of the molecule is NC(=O)C1=CCC=CN1[C@@H]1O[C@H](COP(=O)(O)OP(=O)(O)OC[C@H]2O[C@@H](n3cnc4c(N)ncnc43)[C@@H](OP(=O)(O)O)[C@H]2O)[C@H](O)[C@@H]1O. The fraction of sp³-hybridized carbons (Fsp3) is 0.524. The maximum Gasteiger partial charge on any atom is 0.481 e. The lowest BCUT2D eigenvalue weighted by Crippen LogP contribution is -2.44. The molecule has 0 spiro atoms. The molecule has 5 rings (SSSR count). The van der Waals surface area contributed by atoms with Gasteiger partial charge in [-0.05, 0) is 6.42 Å². The molecule has 1 amide bonds. The molecule has 2 aromatic heterocycles. The third-order valence-corrected chi connectivity index (χ3v) is 10.2. The maximum absolute atomic E-state index is 12.6. The van der Waals surface area contributed by atoms with Gasteiger partial charge in [-0.15, -0.1) is 0 Å². The topological polar surface area (TPSA) is 364 Å². The van der Waals surface area contributed by atoms with E-state index in [1.165, 1.54) is 12.3 Å². The molecule has 0 aliphatic carbocycles. The molecule has 5 heterocycles. The van der Waals surface area contributed by atoms with Crippen molar-refractivity contribution < 1.29 is 80.7 Å². The number of primary amides is 1. The zero-order valence-corrected chi connectivity index (χ0v) is 26.8. The smallest absolute Gasteiger partial charge is 0.387 e. The van der Waals surface area contributed by atoms with Crippen LogP contribution in [-0.4, -0.2) is 121 Å². The van der Waals surface area contributed by atoms with Crippen LogP contribution in [0.5, 0.6) is 0 Å². The summed E-state index contributed by atoms with van der Waals surface area (Å²) < 4.78 is 67.2. The van der Waals surface area contributed by atoms with Gasteiger partial charge in [0.05, 0.1) is 19.5 Å². The highest BCUT2D eigenvalue weighted by atomic mass is 31.3. The minimum atomic E-state index is -5.53. The number of ether oxygens (including phenoxy) is 2. The predicted octanol–water partition coefficient (Wildman–Crippen LogP) is -2.57. The first-order valence-corrected chi connectivity index (χ1v) is 18.0. The zero-order chi connectivity index (χ0) is 35.2. The quantitative estimate of drug-likeness (QED) is 0.0951. The summed E-state index contributed by atoms with van der Waals surface area (Å²) in [6, 6.07) is 0. The minimum Gasteiger partial charge on any atom is -0.387 e. The lowest BCUT2D eigenvalue weighted by Gasteiger charge is -2.31. The number of fused-ring (bicyclic) bond motifs is 1. The summed E-state index contributed by atoms with van der Waals surface area (Å²) in [6.45, 7) is -2.05. The number of aromatic nitrogens is 4. The van der Waals surface area contributed by atoms with E-state index in [2.05, 4.69) is 23.8 Å². The Morgan fingerprint density at radius 3 is 2.19 bits per heavy atom. The molecule has 2 saturated heterocycles. The number of nitrogen functional groups attached to an aromatic ring is 1. The lowest BCUT2D eigenvalue weighted by molar-refractivity contribution is -0.119. The number of imidazole rings is 1. The van der Waals surface area contributed by atoms with Gasteiger partial charge < -0.3 is 60.7 Å². The van der Waals surface area contributed by atoms with Crippen LogP contribution in [0, 0.1) is 0 Å². The first-order valence-electron chi connectivity index (χ1n) is 13.5. The molecule has 0 bridgehead atoms. The van der Waals surface area contributed by atoms with Gasteiger partial charge in [0.25, 0.3) is 5.91 Å². The van der Waals surface area contributed by atoms with Crippen molar-refractivity contribution in [3.05, 3.63) is 36.7 Å². The number of anilines is 1. The fourth-order valence-electron chi connectivity index (χ4n) is 5.01. The molecule has 2 aromatic rings. The Hall–Kier alpha value is -2.73. The highest BCUT2D eigenvalue weighted by Gasteiger charge is 2.51. The van der Waals surface area contributed by atoms with Crippen LogP contribution < -0.4 is 11.5 Å². The Bertz CT molecular complexity index is 1740. The summed E-state index contributed by atoms with van der Waals surface area (Å²) in [5.41, 5.74) is 11.1. The fourth-order valence-corrected chi connectivity index (χ4v) is 7.64. The number of hydrogen-bond donors (Lipinski definition) is 9. The van der Waals surface area contributed by atoms with Crippen LogP contribution in [0.1, 0.15) is 12.6 Å². The van der Waals surface area contributed by atoms with Gasteiger partial charge in [0.2, 0.25) is 0 Å². The Labute approximate surface area is 268 Å². The van der Waals surface area contributed by atoms with Crippen molar-refractivity contribution in [3.8, 4) is 0 Å². The molecular weight excluding hydrogens is 715 g/mol. The molecule has 24 nitrogen and oxygen atoms in total. The summed E-state index contributed by atoms with van der Waals surface area (Å²) in [5, 5.41) is 31.6. The number of nitrogens with two attached hydrogens (primary N) is 2. The van der Waals surface area contributed by atoms with Gasteiger partial charge in [-0.3, -0.25) is 22.9 Å². The summed E-state index contributed by atoms with van der Waals surface area (Å²) in [5.74, 6) is -0.917. The summed E-state index contributed by atoms with van der Waals surface area (Å²) in [6.07, 6.45) is -6.41. The number of carbonyl (C=O) groups excluding carboxylic acids is 1. The average molecular weight is 745 g/mol. The predicted molar refractivity (Wildman–Crippen MR) is 153 cm³/mol. The number of rotatable bonds is 13. The normalized spacial score (nSPS) is 31.9. The van der Waals surface area contributed by atoms with Crippen LogP contribution in [-0.2, 0) is 45.8 Å². The summed E-state index contributed by atoms with van der Waals surface area (Å²) >= 11 is 0. The van der Waals surface area contributed by atoms with E-state index in [1.807, 2.05) is 0 Å². The van der Waals surface area contributed by atoms with Crippen molar-refractivity contribution >= 4 is 46.4 Å². The van der Waals surface area contributed by atoms with Gasteiger partial charge in [-0.2, -0.15) is 4.31 Å². The molecule has 27 heteroatoms. The Morgan fingerprint density at radius 2 is 1.56 bits per heavy atom. The van der Waals surface area contributed by atoms with E-state index in [9.17, 15) is 53.4 Å². The third-order valence-electron chi connectivity index (χ3n) is 7.10. The van der Waals surface area contributed by atoms with Crippen LogP contribution in [0.25, 0.3) is 11.2 Å². The second-order valence-electron chi connectivity index (χ2n) is 10.3. The molecule has 0 radical (unpaired) electrons. The van der Waals surface area contributed by atoms with Crippen LogP contribution in [0.4, 0.5) is 5.82 Å². The van der Waals surface area contributed by atoms with Crippen molar-refractivity contribution in [3.63, 3.8) is 0 Å². The van der Waals surface area contributed by atoms with E-state index in [-0.39, 0.29) is 22.7 Å². The molecular formula is C21H30N7O17P3. The van der Waals surface area contributed by atoms with Gasteiger partial charge >= 0.3 is 23.5 Å². The largest absolute Gasteiger partial charge is 0.481 e. The lowest BCUT2D eigenvalue weighted by atomic mass is 10.1. The van der Waals surface area contributed by atoms with Crippen molar-refractivity contribution in [2.24, 2.45) is 5.73 Å². The third kappa shape index (κ3) is 8.01. The van der Waals surface area contributed by atoms with E-state index >= 15 is 0 Å². The number of phosphoric ester groups is 3. The number of carbonyl (C=O) groups is 1. The van der Waals surface area contributed by atoms with Gasteiger partial charge in [-0.25, -0.2) is 28.6 Å². The summed E-state index contributed by atoms with van der Waals surface area (Å²) in [7, 11) is -16.3. The second-order valence-corrected chi connectivity index (χ2v) is 14.6. The molecule has 48 heavy (non-hydrogen) atoms. The van der Waals surface area contributed by atoms with E-state index < -0.39 is 91.7 Å². The number of hydrogen-bond acceptors (Lipinski definition) is 18. The number of nitrogens with zero attached hydrogens (tertiary/aromatic N) is 5. The number of allylic oxidation sites excluding steroid dienone is 2. The Balaban J connectivity index is 1.21. The molecule has 11 N–H and O–H groups in total. The van der Waals surface area contributed by atoms with Crippen molar-refractivity contribution in [1.29, 1.82) is 0 Å². The number of phosphoric acid groups is 3. The average Bonchev–Trinajstić information content (AvgIpc) is 3.64. The van der Waals surface area contributed by atoms with Crippen molar-refractivity contribution in [1.82, 2.24) is 24.4 Å². The first kappa shape index (κ1) is 36.5. The molecule has 2 unspecified atom stereocenters. The van der Waals surface area contributed by atoms with Crippen LogP contribution in [0.15, 0.2) is 36.7 Å².